The zero-order valence-electron chi connectivity index (χ0n) is 14.9. The molecule has 1 saturated carbocycles. The van der Waals surface area contributed by atoms with Crippen LogP contribution in [-0.2, 0) is 0 Å². The summed E-state index contributed by atoms with van der Waals surface area (Å²) in [5.74, 6) is 0.483. The van der Waals surface area contributed by atoms with E-state index in [0.29, 0.717) is 23.0 Å². The SMILES string of the molecule is O=C(NCCCN1CCNCC1)c1cc(C2CC2)nc2ccc(Cl)cc12. The molecule has 2 heterocycles. The molecule has 0 unspecified atom stereocenters. The van der Waals surface area contributed by atoms with Crippen LogP contribution in [0.15, 0.2) is 24.3 Å². The summed E-state index contributed by atoms with van der Waals surface area (Å²) in [7, 11) is 0. The zero-order chi connectivity index (χ0) is 17.9. The van der Waals surface area contributed by atoms with Crippen LogP contribution in [0.3, 0.4) is 0 Å². The number of piperazine rings is 1. The van der Waals surface area contributed by atoms with Gasteiger partial charge in [-0.05, 0) is 50.1 Å². The molecule has 5 nitrogen and oxygen atoms in total. The Bertz CT molecular complexity index is 800. The predicted molar refractivity (Wildman–Crippen MR) is 105 cm³/mol. The molecule has 1 aromatic carbocycles. The molecule has 0 bridgehead atoms. The van der Waals surface area contributed by atoms with Crippen LogP contribution in [0.2, 0.25) is 5.02 Å². The molecule has 1 aromatic heterocycles. The van der Waals surface area contributed by atoms with Gasteiger partial charge in [-0.3, -0.25) is 9.78 Å². The molecule has 4 rings (SSSR count). The van der Waals surface area contributed by atoms with Crippen LogP contribution in [0.4, 0.5) is 0 Å². The summed E-state index contributed by atoms with van der Waals surface area (Å²) in [6.45, 7) is 6.00. The summed E-state index contributed by atoms with van der Waals surface area (Å²) in [4.78, 5) is 20.0. The highest BCUT2D eigenvalue weighted by Crippen LogP contribution is 2.40. The quantitative estimate of drug-likeness (QED) is 0.765. The third-order valence-corrected chi connectivity index (χ3v) is 5.41. The number of rotatable bonds is 6. The van der Waals surface area contributed by atoms with E-state index >= 15 is 0 Å². The molecule has 0 radical (unpaired) electrons. The molecule has 6 heteroatoms. The van der Waals surface area contributed by atoms with Gasteiger partial charge in [0.25, 0.3) is 5.91 Å². The number of hydrogen-bond donors (Lipinski definition) is 2. The average molecular weight is 373 g/mol. The zero-order valence-corrected chi connectivity index (χ0v) is 15.7. The van der Waals surface area contributed by atoms with Gasteiger partial charge in [-0.2, -0.15) is 0 Å². The van der Waals surface area contributed by atoms with Gasteiger partial charge >= 0.3 is 0 Å². The van der Waals surface area contributed by atoms with E-state index in [4.69, 9.17) is 16.6 Å². The van der Waals surface area contributed by atoms with Gasteiger partial charge in [0, 0.05) is 54.7 Å². The summed E-state index contributed by atoms with van der Waals surface area (Å²) in [5, 5.41) is 7.91. The monoisotopic (exact) mass is 372 g/mol. The number of benzene rings is 1. The standard InChI is InChI=1S/C20H25ClN4O/c21-15-4-5-18-16(12-15)17(13-19(24-18)14-2-3-14)20(26)23-6-1-9-25-10-7-22-8-11-25/h4-5,12-14,22H,1-3,6-11H2,(H,23,26). The molecule has 0 spiro atoms. The van der Waals surface area contributed by atoms with E-state index in [9.17, 15) is 4.79 Å². The van der Waals surface area contributed by atoms with E-state index in [1.807, 2.05) is 24.3 Å². The molecular weight excluding hydrogens is 348 g/mol. The lowest BCUT2D eigenvalue weighted by atomic mass is 10.1. The van der Waals surface area contributed by atoms with Crippen molar-refractivity contribution in [2.24, 2.45) is 0 Å². The Hall–Kier alpha value is -1.69. The van der Waals surface area contributed by atoms with Crippen molar-refractivity contribution in [1.29, 1.82) is 0 Å². The largest absolute Gasteiger partial charge is 0.352 e. The van der Waals surface area contributed by atoms with Crippen molar-refractivity contribution in [2.75, 3.05) is 39.3 Å². The number of hydrogen-bond acceptors (Lipinski definition) is 4. The number of nitrogens with one attached hydrogen (secondary N) is 2. The molecule has 1 aliphatic carbocycles. The second-order valence-electron chi connectivity index (χ2n) is 7.23. The number of pyridine rings is 1. The van der Waals surface area contributed by atoms with E-state index in [1.165, 1.54) is 0 Å². The first-order chi connectivity index (χ1) is 12.7. The van der Waals surface area contributed by atoms with Crippen LogP contribution in [0, 0.1) is 0 Å². The van der Waals surface area contributed by atoms with Crippen LogP contribution >= 0.6 is 11.6 Å². The Morgan fingerprint density at radius 2 is 2.08 bits per heavy atom. The Morgan fingerprint density at radius 3 is 2.85 bits per heavy atom. The third kappa shape index (κ3) is 4.17. The minimum Gasteiger partial charge on any atom is -0.352 e. The number of nitrogens with zero attached hydrogens (tertiary/aromatic N) is 2. The van der Waals surface area contributed by atoms with Crippen LogP contribution in [0.1, 0.15) is 41.2 Å². The molecule has 26 heavy (non-hydrogen) atoms. The van der Waals surface area contributed by atoms with Crippen molar-refractivity contribution < 1.29 is 4.79 Å². The summed E-state index contributed by atoms with van der Waals surface area (Å²) >= 11 is 6.15. The fourth-order valence-electron chi connectivity index (χ4n) is 3.53. The number of carbonyl (C=O) groups excluding carboxylic acids is 1. The predicted octanol–water partition coefficient (Wildman–Crippen LogP) is 2.79. The summed E-state index contributed by atoms with van der Waals surface area (Å²) < 4.78 is 0. The molecule has 2 fully saturated rings. The van der Waals surface area contributed by atoms with Crippen molar-refractivity contribution in [2.45, 2.75) is 25.2 Å². The summed E-state index contributed by atoms with van der Waals surface area (Å²) in [6.07, 6.45) is 3.29. The fourth-order valence-corrected chi connectivity index (χ4v) is 3.70. The molecular formula is C20H25ClN4O. The lowest BCUT2D eigenvalue weighted by Gasteiger charge is -2.27. The Morgan fingerprint density at radius 1 is 1.27 bits per heavy atom. The number of amides is 1. The number of fused-ring (bicyclic) bond motifs is 1. The van der Waals surface area contributed by atoms with Crippen LogP contribution < -0.4 is 10.6 Å². The highest BCUT2D eigenvalue weighted by molar-refractivity contribution is 6.31. The topological polar surface area (TPSA) is 57.3 Å². The van der Waals surface area contributed by atoms with Gasteiger partial charge in [-0.1, -0.05) is 11.6 Å². The van der Waals surface area contributed by atoms with Crippen molar-refractivity contribution in [3.8, 4) is 0 Å². The number of halogens is 1. The maximum Gasteiger partial charge on any atom is 0.252 e. The molecule has 138 valence electrons. The summed E-state index contributed by atoms with van der Waals surface area (Å²) in [6, 6.07) is 7.55. The highest BCUT2D eigenvalue weighted by atomic mass is 35.5. The maximum absolute atomic E-state index is 12.8. The van der Waals surface area contributed by atoms with Gasteiger partial charge in [0.15, 0.2) is 0 Å². The Labute approximate surface area is 159 Å². The number of aromatic nitrogens is 1. The summed E-state index contributed by atoms with van der Waals surface area (Å²) in [5.41, 5.74) is 2.58. The lowest BCUT2D eigenvalue weighted by Crippen LogP contribution is -2.44. The second-order valence-corrected chi connectivity index (χ2v) is 7.67. The molecule has 1 aliphatic heterocycles. The van der Waals surface area contributed by atoms with E-state index in [1.54, 1.807) is 0 Å². The fraction of sp³-hybridized carbons (Fsp3) is 0.500. The van der Waals surface area contributed by atoms with Crippen molar-refractivity contribution in [3.05, 3.63) is 40.5 Å². The second kappa shape index (κ2) is 7.91. The van der Waals surface area contributed by atoms with E-state index in [-0.39, 0.29) is 5.91 Å². The van der Waals surface area contributed by atoms with Gasteiger partial charge in [0.2, 0.25) is 0 Å². The molecule has 2 aromatic rings. The molecule has 1 saturated heterocycles. The van der Waals surface area contributed by atoms with Gasteiger partial charge < -0.3 is 15.5 Å². The Balaban J connectivity index is 1.44. The smallest absolute Gasteiger partial charge is 0.252 e. The van der Waals surface area contributed by atoms with Gasteiger partial charge in [0.1, 0.15) is 0 Å². The number of carbonyl (C=O) groups is 1. The molecule has 1 amide bonds. The van der Waals surface area contributed by atoms with Gasteiger partial charge in [-0.25, -0.2) is 0 Å². The van der Waals surface area contributed by atoms with E-state index in [0.717, 1.165) is 68.6 Å². The molecule has 0 atom stereocenters. The van der Waals surface area contributed by atoms with Crippen molar-refractivity contribution in [1.82, 2.24) is 20.5 Å². The average Bonchev–Trinajstić information content (AvgIpc) is 3.50. The lowest BCUT2D eigenvalue weighted by molar-refractivity contribution is 0.0952. The minimum atomic E-state index is -0.0260. The minimum absolute atomic E-state index is 0.0260. The van der Waals surface area contributed by atoms with E-state index in [2.05, 4.69) is 15.5 Å². The molecule has 2 N–H and O–H groups in total. The third-order valence-electron chi connectivity index (χ3n) is 5.18. The normalized spacial score (nSPS) is 18.2. The van der Waals surface area contributed by atoms with Crippen LogP contribution in [0.25, 0.3) is 10.9 Å². The van der Waals surface area contributed by atoms with Gasteiger partial charge in [0.05, 0.1) is 11.1 Å². The van der Waals surface area contributed by atoms with Crippen LogP contribution in [0.5, 0.6) is 0 Å². The molecule has 2 aliphatic rings. The van der Waals surface area contributed by atoms with E-state index < -0.39 is 0 Å². The van der Waals surface area contributed by atoms with Crippen LogP contribution in [-0.4, -0.2) is 55.1 Å². The Kier molecular flexibility index (Phi) is 5.38. The maximum atomic E-state index is 12.8. The highest BCUT2D eigenvalue weighted by Gasteiger charge is 2.27. The van der Waals surface area contributed by atoms with Crippen molar-refractivity contribution in [3.63, 3.8) is 0 Å². The first-order valence-electron chi connectivity index (χ1n) is 9.52. The van der Waals surface area contributed by atoms with Crippen molar-refractivity contribution >= 4 is 28.4 Å². The van der Waals surface area contributed by atoms with Gasteiger partial charge in [-0.15, -0.1) is 0 Å². The first kappa shape index (κ1) is 17.7. The first-order valence-corrected chi connectivity index (χ1v) is 9.90.